The SMILES string of the molecule is Cc1ccc(C(=O)N/N=C(\N=Nc2ccccc2[N+](=O)[O-])c2ccc(N(C)C)cc2)cc1. The molecular formula is C23H22N6O3. The van der Waals surface area contributed by atoms with Gasteiger partial charge in [0.05, 0.1) is 4.92 Å². The Kier molecular flexibility index (Phi) is 7.02. The molecule has 9 nitrogen and oxygen atoms in total. The maximum absolute atomic E-state index is 12.5. The summed E-state index contributed by atoms with van der Waals surface area (Å²) in [5.41, 5.74) is 5.41. The van der Waals surface area contributed by atoms with Crippen LogP contribution >= 0.6 is 0 Å². The molecule has 3 aromatic carbocycles. The van der Waals surface area contributed by atoms with Gasteiger partial charge in [0.25, 0.3) is 11.6 Å². The molecule has 0 aliphatic carbocycles. The van der Waals surface area contributed by atoms with E-state index in [4.69, 9.17) is 0 Å². The molecule has 32 heavy (non-hydrogen) atoms. The highest BCUT2D eigenvalue weighted by molar-refractivity contribution is 6.01. The first kappa shape index (κ1) is 22.3. The van der Waals surface area contributed by atoms with E-state index in [1.165, 1.54) is 12.1 Å². The van der Waals surface area contributed by atoms with E-state index in [1.54, 1.807) is 36.4 Å². The minimum Gasteiger partial charge on any atom is -0.378 e. The molecule has 9 heteroatoms. The van der Waals surface area contributed by atoms with E-state index in [0.717, 1.165) is 11.3 Å². The van der Waals surface area contributed by atoms with Gasteiger partial charge in [-0.3, -0.25) is 14.9 Å². The summed E-state index contributed by atoms with van der Waals surface area (Å²) in [4.78, 5) is 25.1. The van der Waals surface area contributed by atoms with Gasteiger partial charge in [0, 0.05) is 37.0 Å². The summed E-state index contributed by atoms with van der Waals surface area (Å²) in [7, 11) is 3.83. The van der Waals surface area contributed by atoms with E-state index < -0.39 is 10.8 Å². The molecule has 3 rings (SSSR count). The van der Waals surface area contributed by atoms with E-state index in [0.29, 0.717) is 11.1 Å². The number of benzene rings is 3. The Morgan fingerprint density at radius 3 is 2.19 bits per heavy atom. The zero-order valence-corrected chi connectivity index (χ0v) is 17.9. The highest BCUT2D eigenvalue weighted by atomic mass is 16.6. The number of nitrogens with zero attached hydrogens (tertiary/aromatic N) is 5. The number of anilines is 1. The van der Waals surface area contributed by atoms with Crippen LogP contribution in [-0.4, -0.2) is 30.8 Å². The van der Waals surface area contributed by atoms with Crippen molar-refractivity contribution in [1.29, 1.82) is 0 Å². The lowest BCUT2D eigenvalue weighted by Crippen LogP contribution is -2.19. The lowest BCUT2D eigenvalue weighted by molar-refractivity contribution is -0.384. The minimum absolute atomic E-state index is 0.0833. The van der Waals surface area contributed by atoms with Crippen molar-refractivity contribution in [3.63, 3.8) is 0 Å². The van der Waals surface area contributed by atoms with Crippen LogP contribution in [0.4, 0.5) is 17.1 Å². The summed E-state index contributed by atoms with van der Waals surface area (Å²) in [6.07, 6.45) is 0. The number of hydrazone groups is 1. The molecule has 0 heterocycles. The van der Waals surface area contributed by atoms with Gasteiger partial charge in [0.2, 0.25) is 5.84 Å². The molecule has 0 bridgehead atoms. The number of amidine groups is 1. The smallest absolute Gasteiger partial charge is 0.296 e. The van der Waals surface area contributed by atoms with Crippen LogP contribution in [0, 0.1) is 17.0 Å². The molecule has 0 saturated carbocycles. The van der Waals surface area contributed by atoms with Gasteiger partial charge >= 0.3 is 0 Å². The molecule has 1 amide bonds. The first-order chi connectivity index (χ1) is 15.3. The van der Waals surface area contributed by atoms with Gasteiger partial charge in [-0.25, -0.2) is 5.43 Å². The van der Waals surface area contributed by atoms with Gasteiger partial charge in [0.1, 0.15) is 0 Å². The van der Waals surface area contributed by atoms with Crippen LogP contribution in [0.2, 0.25) is 0 Å². The highest BCUT2D eigenvalue weighted by Crippen LogP contribution is 2.27. The maximum atomic E-state index is 12.5. The van der Waals surface area contributed by atoms with Crippen molar-refractivity contribution >= 4 is 28.8 Å². The fourth-order valence-electron chi connectivity index (χ4n) is 2.73. The van der Waals surface area contributed by atoms with Gasteiger partial charge in [-0.1, -0.05) is 29.8 Å². The molecule has 1 N–H and O–H groups in total. The number of para-hydroxylation sites is 1. The number of carbonyl (C=O) groups is 1. The number of carbonyl (C=O) groups excluding carboxylic acids is 1. The third-order valence-electron chi connectivity index (χ3n) is 4.55. The number of azo groups is 1. The largest absolute Gasteiger partial charge is 0.378 e. The zero-order valence-electron chi connectivity index (χ0n) is 17.9. The molecule has 0 radical (unpaired) electrons. The molecule has 0 saturated heterocycles. The summed E-state index contributed by atoms with van der Waals surface area (Å²) < 4.78 is 0. The molecule has 162 valence electrons. The van der Waals surface area contributed by atoms with Gasteiger partial charge in [0.15, 0.2) is 5.69 Å². The predicted molar refractivity (Wildman–Crippen MR) is 124 cm³/mol. The number of rotatable bonds is 6. The van der Waals surface area contributed by atoms with Crippen LogP contribution < -0.4 is 10.3 Å². The summed E-state index contributed by atoms with van der Waals surface area (Å²) in [5, 5.41) is 23.5. The van der Waals surface area contributed by atoms with Crippen LogP contribution in [0.3, 0.4) is 0 Å². The number of hydrogen-bond acceptors (Lipinski definition) is 6. The normalized spacial score (nSPS) is 11.4. The molecule has 0 fully saturated rings. The predicted octanol–water partition coefficient (Wildman–Crippen LogP) is 4.84. The van der Waals surface area contributed by atoms with E-state index in [-0.39, 0.29) is 17.2 Å². The van der Waals surface area contributed by atoms with Gasteiger partial charge in [-0.15, -0.1) is 15.3 Å². The number of amides is 1. The lowest BCUT2D eigenvalue weighted by atomic mass is 10.1. The quantitative estimate of drug-likeness (QED) is 0.198. The second-order valence-electron chi connectivity index (χ2n) is 7.13. The van der Waals surface area contributed by atoms with Crippen LogP contribution in [0.5, 0.6) is 0 Å². The van der Waals surface area contributed by atoms with E-state index in [2.05, 4.69) is 20.8 Å². The fraction of sp³-hybridized carbons (Fsp3) is 0.130. The minimum atomic E-state index is -0.532. The Balaban J connectivity index is 1.94. The fourth-order valence-corrected chi connectivity index (χ4v) is 2.73. The lowest BCUT2D eigenvalue weighted by Gasteiger charge is -2.12. The van der Waals surface area contributed by atoms with Crippen molar-refractivity contribution in [2.24, 2.45) is 15.3 Å². The third kappa shape index (κ3) is 5.60. The second kappa shape index (κ2) is 10.1. The molecular weight excluding hydrogens is 408 g/mol. The van der Waals surface area contributed by atoms with Crippen LogP contribution in [-0.2, 0) is 0 Å². The van der Waals surface area contributed by atoms with Gasteiger partial charge in [-0.05, 0) is 49.4 Å². The van der Waals surface area contributed by atoms with E-state index in [9.17, 15) is 14.9 Å². The third-order valence-corrected chi connectivity index (χ3v) is 4.55. The average Bonchev–Trinajstić information content (AvgIpc) is 2.79. The van der Waals surface area contributed by atoms with Crippen molar-refractivity contribution < 1.29 is 9.72 Å². The standard InChI is InChI=1S/C23H22N6O3/c1-16-8-10-18(11-9-16)23(30)27-26-22(17-12-14-19(15-13-17)28(2)3)25-24-20-6-4-5-7-21(20)29(31)32/h4-15H,1-3H3,(H,27,30)/b25-24?,26-22-. The Labute approximate surface area is 185 Å². The van der Waals surface area contributed by atoms with Gasteiger partial charge in [-0.2, -0.15) is 0 Å². The number of hydrogen-bond donors (Lipinski definition) is 1. The first-order valence-corrected chi connectivity index (χ1v) is 9.73. The van der Waals surface area contributed by atoms with E-state index >= 15 is 0 Å². The maximum Gasteiger partial charge on any atom is 0.296 e. The second-order valence-corrected chi connectivity index (χ2v) is 7.13. The molecule has 3 aromatic rings. The summed E-state index contributed by atoms with van der Waals surface area (Å²) in [5.74, 6) is -0.303. The first-order valence-electron chi connectivity index (χ1n) is 9.73. The monoisotopic (exact) mass is 430 g/mol. The number of aryl methyl sites for hydroxylation is 1. The van der Waals surface area contributed by atoms with Crippen LogP contribution in [0.1, 0.15) is 21.5 Å². The number of nitro benzene ring substituents is 1. The Morgan fingerprint density at radius 2 is 1.56 bits per heavy atom. The van der Waals surface area contributed by atoms with Crippen molar-refractivity contribution in [2.75, 3.05) is 19.0 Å². The van der Waals surface area contributed by atoms with Crippen molar-refractivity contribution in [2.45, 2.75) is 6.92 Å². The molecule has 0 atom stereocenters. The van der Waals surface area contributed by atoms with Crippen molar-refractivity contribution in [3.05, 3.63) is 99.6 Å². The zero-order chi connectivity index (χ0) is 23.1. The van der Waals surface area contributed by atoms with Crippen molar-refractivity contribution in [1.82, 2.24) is 5.43 Å². The Morgan fingerprint density at radius 1 is 0.938 bits per heavy atom. The number of nitro groups is 1. The van der Waals surface area contributed by atoms with Crippen LogP contribution in [0.25, 0.3) is 0 Å². The molecule has 0 aromatic heterocycles. The highest BCUT2D eigenvalue weighted by Gasteiger charge is 2.13. The number of nitrogens with one attached hydrogen (secondary N) is 1. The Bertz CT molecular complexity index is 1170. The summed E-state index contributed by atoms with van der Waals surface area (Å²) >= 11 is 0. The molecule has 0 aliphatic rings. The van der Waals surface area contributed by atoms with Crippen LogP contribution in [0.15, 0.2) is 88.1 Å². The summed E-state index contributed by atoms with van der Waals surface area (Å²) in [6, 6.07) is 20.4. The van der Waals surface area contributed by atoms with E-state index in [1.807, 2.05) is 50.2 Å². The molecule has 0 aliphatic heterocycles. The topological polar surface area (TPSA) is 113 Å². The van der Waals surface area contributed by atoms with Gasteiger partial charge < -0.3 is 4.90 Å². The average molecular weight is 430 g/mol. The Hall–Kier alpha value is -4.40. The molecule has 0 spiro atoms. The molecule has 0 unspecified atom stereocenters. The van der Waals surface area contributed by atoms with Crippen molar-refractivity contribution in [3.8, 4) is 0 Å². The summed E-state index contributed by atoms with van der Waals surface area (Å²) in [6.45, 7) is 1.93.